The maximum Gasteiger partial charge on any atom is 0.270 e. The summed E-state index contributed by atoms with van der Waals surface area (Å²) in [6, 6.07) is 8.96. The molecule has 0 unspecified atom stereocenters. The maximum atomic E-state index is 12.2. The Hall–Kier alpha value is -2.76. The van der Waals surface area contributed by atoms with Crippen molar-refractivity contribution in [2.24, 2.45) is 0 Å². The molecule has 0 radical (unpaired) electrons. The minimum absolute atomic E-state index is 0.215. The summed E-state index contributed by atoms with van der Waals surface area (Å²) in [5.74, 6) is 1.14. The number of hydrogen-bond donors (Lipinski definition) is 2. The molecule has 0 fully saturated rings. The summed E-state index contributed by atoms with van der Waals surface area (Å²) in [5, 5.41) is 6.13. The Balaban J connectivity index is 2.22. The van der Waals surface area contributed by atoms with Crippen molar-refractivity contribution < 1.29 is 14.3 Å². The van der Waals surface area contributed by atoms with E-state index < -0.39 is 0 Å². The highest BCUT2D eigenvalue weighted by Gasteiger charge is 2.16. The van der Waals surface area contributed by atoms with E-state index in [9.17, 15) is 4.79 Å². The van der Waals surface area contributed by atoms with Crippen molar-refractivity contribution in [3.05, 3.63) is 42.2 Å². The van der Waals surface area contributed by atoms with Gasteiger partial charge in [0, 0.05) is 23.5 Å². The first-order valence-electron chi connectivity index (χ1n) is 7.60. The number of hydrogen-bond acceptors (Lipinski definition) is 5. The second kappa shape index (κ2) is 7.21. The number of carbonyl (C=O) groups is 1. The Kier molecular flexibility index (Phi) is 5.28. The van der Waals surface area contributed by atoms with E-state index in [1.807, 2.05) is 32.9 Å². The molecule has 128 valence electrons. The highest BCUT2D eigenvalue weighted by molar-refractivity contribution is 5.93. The summed E-state index contributed by atoms with van der Waals surface area (Å²) in [5.41, 5.74) is 1.54. The molecular formula is C18H23N3O3. The molecule has 1 aromatic carbocycles. The topological polar surface area (TPSA) is 72.5 Å². The van der Waals surface area contributed by atoms with Gasteiger partial charge in [0.2, 0.25) is 0 Å². The normalized spacial score (nSPS) is 10.9. The minimum Gasteiger partial charge on any atom is -0.497 e. The summed E-state index contributed by atoms with van der Waals surface area (Å²) in [7, 11) is 3.19. The van der Waals surface area contributed by atoms with Crippen LogP contribution in [0.25, 0.3) is 0 Å². The molecule has 1 amide bonds. The molecule has 0 spiro atoms. The number of rotatable bonds is 5. The third-order valence-corrected chi connectivity index (χ3v) is 3.17. The van der Waals surface area contributed by atoms with Gasteiger partial charge in [-0.15, -0.1) is 0 Å². The predicted molar refractivity (Wildman–Crippen MR) is 94.3 cm³/mol. The first-order chi connectivity index (χ1) is 11.3. The van der Waals surface area contributed by atoms with E-state index in [4.69, 9.17) is 9.47 Å². The lowest BCUT2D eigenvalue weighted by atomic mass is 10.1. The van der Waals surface area contributed by atoms with E-state index in [2.05, 4.69) is 15.6 Å². The summed E-state index contributed by atoms with van der Waals surface area (Å²) in [4.78, 5) is 16.4. The zero-order valence-electron chi connectivity index (χ0n) is 14.6. The molecule has 0 saturated heterocycles. The van der Waals surface area contributed by atoms with Crippen LogP contribution < -0.4 is 20.1 Å². The van der Waals surface area contributed by atoms with Gasteiger partial charge in [0.15, 0.2) is 0 Å². The molecule has 2 aromatic rings. The van der Waals surface area contributed by atoms with E-state index in [0.717, 1.165) is 11.4 Å². The molecular weight excluding hydrogens is 306 g/mol. The predicted octanol–water partition coefficient (Wildman–Crippen LogP) is 3.37. The number of carbonyl (C=O) groups excluding carboxylic acids is 1. The zero-order chi connectivity index (χ0) is 17.7. The van der Waals surface area contributed by atoms with E-state index in [1.54, 1.807) is 38.6 Å². The average molecular weight is 329 g/mol. The Labute approximate surface area is 142 Å². The number of nitrogens with one attached hydrogen (secondary N) is 2. The Bertz CT molecular complexity index is 724. The number of methoxy groups -OCH3 is 2. The fraction of sp³-hybridized carbons (Fsp3) is 0.333. The lowest BCUT2D eigenvalue weighted by Gasteiger charge is -2.20. The third kappa shape index (κ3) is 4.62. The summed E-state index contributed by atoms with van der Waals surface area (Å²) in [6.07, 6.45) is 1.59. The number of benzene rings is 1. The van der Waals surface area contributed by atoms with E-state index in [-0.39, 0.29) is 11.4 Å². The molecule has 24 heavy (non-hydrogen) atoms. The fourth-order valence-electron chi connectivity index (χ4n) is 2.09. The van der Waals surface area contributed by atoms with Crippen molar-refractivity contribution in [3.63, 3.8) is 0 Å². The minimum atomic E-state index is -0.318. The van der Waals surface area contributed by atoms with Crippen LogP contribution in [0.3, 0.4) is 0 Å². The van der Waals surface area contributed by atoms with Gasteiger partial charge in [0.1, 0.15) is 17.2 Å². The van der Waals surface area contributed by atoms with Gasteiger partial charge in [0.05, 0.1) is 19.9 Å². The third-order valence-electron chi connectivity index (χ3n) is 3.17. The van der Waals surface area contributed by atoms with Crippen LogP contribution in [0.1, 0.15) is 31.3 Å². The average Bonchev–Trinajstić information content (AvgIpc) is 2.54. The van der Waals surface area contributed by atoms with Gasteiger partial charge in [0.25, 0.3) is 5.91 Å². The van der Waals surface area contributed by atoms with Gasteiger partial charge >= 0.3 is 0 Å². The molecule has 0 saturated carbocycles. The lowest BCUT2D eigenvalue weighted by Crippen LogP contribution is -2.40. The van der Waals surface area contributed by atoms with E-state index >= 15 is 0 Å². The maximum absolute atomic E-state index is 12.2. The number of pyridine rings is 1. The number of ether oxygens (including phenoxy) is 2. The molecule has 0 aliphatic rings. The van der Waals surface area contributed by atoms with Crippen molar-refractivity contribution in [1.29, 1.82) is 0 Å². The molecule has 1 aromatic heterocycles. The van der Waals surface area contributed by atoms with Crippen molar-refractivity contribution >= 4 is 17.3 Å². The van der Waals surface area contributed by atoms with Crippen LogP contribution in [0.2, 0.25) is 0 Å². The van der Waals surface area contributed by atoms with Crippen LogP contribution >= 0.6 is 0 Å². The lowest BCUT2D eigenvalue weighted by molar-refractivity contribution is 0.0914. The highest BCUT2D eigenvalue weighted by Crippen LogP contribution is 2.31. The van der Waals surface area contributed by atoms with Crippen molar-refractivity contribution in [1.82, 2.24) is 10.3 Å². The van der Waals surface area contributed by atoms with Crippen LogP contribution in [-0.4, -0.2) is 30.6 Å². The largest absolute Gasteiger partial charge is 0.497 e. The SMILES string of the molecule is COc1ccc(Nc2ccnc(C(=O)NC(C)(C)C)c2)c(OC)c1. The van der Waals surface area contributed by atoms with Gasteiger partial charge < -0.3 is 20.1 Å². The summed E-state index contributed by atoms with van der Waals surface area (Å²) >= 11 is 0. The van der Waals surface area contributed by atoms with Crippen molar-refractivity contribution in [2.75, 3.05) is 19.5 Å². The van der Waals surface area contributed by atoms with Crippen LogP contribution in [-0.2, 0) is 0 Å². The Morgan fingerprint density at radius 1 is 1.08 bits per heavy atom. The first-order valence-corrected chi connectivity index (χ1v) is 7.60. The highest BCUT2D eigenvalue weighted by atomic mass is 16.5. The molecule has 0 aliphatic heterocycles. The number of aromatic nitrogens is 1. The van der Waals surface area contributed by atoms with Crippen molar-refractivity contribution in [2.45, 2.75) is 26.3 Å². The van der Waals surface area contributed by atoms with Gasteiger partial charge in [-0.05, 0) is 45.0 Å². The van der Waals surface area contributed by atoms with E-state index in [0.29, 0.717) is 17.2 Å². The van der Waals surface area contributed by atoms with Crippen molar-refractivity contribution in [3.8, 4) is 11.5 Å². The van der Waals surface area contributed by atoms with Crippen LogP contribution in [0.4, 0.5) is 11.4 Å². The fourth-order valence-corrected chi connectivity index (χ4v) is 2.09. The van der Waals surface area contributed by atoms with Crippen LogP contribution in [0.5, 0.6) is 11.5 Å². The number of anilines is 2. The number of amides is 1. The number of nitrogens with zero attached hydrogens (tertiary/aromatic N) is 1. The standard InChI is InChI=1S/C18H23N3O3/c1-18(2,3)21-17(22)15-10-12(8-9-19-15)20-14-7-6-13(23-4)11-16(14)24-5/h6-11H,1-5H3,(H,19,20)(H,21,22). The van der Waals surface area contributed by atoms with E-state index in [1.165, 1.54) is 0 Å². The smallest absolute Gasteiger partial charge is 0.270 e. The molecule has 0 bridgehead atoms. The second-order valence-electron chi connectivity index (χ2n) is 6.33. The quantitative estimate of drug-likeness (QED) is 0.880. The zero-order valence-corrected chi connectivity index (χ0v) is 14.6. The van der Waals surface area contributed by atoms with Crippen LogP contribution in [0.15, 0.2) is 36.5 Å². The monoisotopic (exact) mass is 329 g/mol. The molecule has 2 rings (SSSR count). The molecule has 1 heterocycles. The molecule has 6 heteroatoms. The molecule has 0 atom stereocenters. The summed E-state index contributed by atoms with van der Waals surface area (Å²) < 4.78 is 10.6. The first kappa shape index (κ1) is 17.6. The van der Waals surface area contributed by atoms with Gasteiger partial charge in [-0.3, -0.25) is 9.78 Å². The Morgan fingerprint density at radius 2 is 1.83 bits per heavy atom. The summed E-state index contributed by atoms with van der Waals surface area (Å²) in [6.45, 7) is 5.78. The van der Waals surface area contributed by atoms with Crippen LogP contribution in [0, 0.1) is 0 Å². The van der Waals surface area contributed by atoms with Gasteiger partial charge in [-0.2, -0.15) is 0 Å². The van der Waals surface area contributed by atoms with Gasteiger partial charge in [-0.1, -0.05) is 0 Å². The molecule has 6 nitrogen and oxygen atoms in total. The second-order valence-corrected chi connectivity index (χ2v) is 6.33. The van der Waals surface area contributed by atoms with Gasteiger partial charge in [-0.25, -0.2) is 0 Å². The molecule has 2 N–H and O–H groups in total. The Morgan fingerprint density at radius 3 is 2.46 bits per heavy atom. The molecule has 0 aliphatic carbocycles.